The van der Waals surface area contributed by atoms with Crippen LogP contribution in [0.1, 0.15) is 17.0 Å². The van der Waals surface area contributed by atoms with Crippen molar-refractivity contribution in [3.05, 3.63) is 76.8 Å². The van der Waals surface area contributed by atoms with Crippen LogP contribution in [0.3, 0.4) is 0 Å². The molecule has 0 aliphatic rings. The Kier molecular flexibility index (Phi) is 4.53. The fourth-order valence-electron chi connectivity index (χ4n) is 2.47. The number of hydrogen-bond donors (Lipinski definition) is 2. The number of nitrogens with one attached hydrogen (secondary N) is 1. The molecule has 0 fully saturated rings. The van der Waals surface area contributed by atoms with Crippen LogP contribution in [-0.4, -0.2) is 20.5 Å². The molecule has 122 valence electrons. The van der Waals surface area contributed by atoms with E-state index in [4.69, 9.17) is 11.6 Å². The standard InChI is InChI=1S/C18H17ClN4O/c1-12-5-3-4-6-16(12)21-13-7-8-14(15(19)11-13)17(22-24)18-20-9-10-23(18)2/h3-11,21,24H,1-2H3. The van der Waals surface area contributed by atoms with Crippen molar-refractivity contribution in [3.8, 4) is 0 Å². The van der Waals surface area contributed by atoms with Gasteiger partial charge in [-0.15, -0.1) is 0 Å². The lowest BCUT2D eigenvalue weighted by Crippen LogP contribution is -2.11. The Morgan fingerprint density at radius 3 is 2.67 bits per heavy atom. The van der Waals surface area contributed by atoms with Gasteiger partial charge in [0.05, 0.1) is 5.02 Å². The average Bonchev–Trinajstić information content (AvgIpc) is 2.98. The molecule has 1 heterocycles. The molecule has 3 aromatic rings. The number of anilines is 2. The molecular weight excluding hydrogens is 324 g/mol. The third-order valence-corrected chi connectivity index (χ3v) is 4.09. The van der Waals surface area contributed by atoms with Gasteiger partial charge in [-0.05, 0) is 36.8 Å². The van der Waals surface area contributed by atoms with Gasteiger partial charge in [0, 0.05) is 36.4 Å². The second-order valence-corrected chi connectivity index (χ2v) is 5.85. The van der Waals surface area contributed by atoms with Crippen LogP contribution in [0.5, 0.6) is 0 Å². The van der Waals surface area contributed by atoms with Crippen LogP contribution >= 0.6 is 11.6 Å². The van der Waals surface area contributed by atoms with E-state index in [2.05, 4.69) is 15.5 Å². The summed E-state index contributed by atoms with van der Waals surface area (Å²) < 4.78 is 1.77. The maximum Gasteiger partial charge on any atom is 0.162 e. The Morgan fingerprint density at radius 1 is 1.25 bits per heavy atom. The molecule has 5 nitrogen and oxygen atoms in total. The molecule has 2 N–H and O–H groups in total. The molecular formula is C18H17ClN4O. The van der Waals surface area contributed by atoms with E-state index in [1.54, 1.807) is 23.0 Å². The fourth-order valence-corrected chi connectivity index (χ4v) is 2.74. The van der Waals surface area contributed by atoms with E-state index in [-0.39, 0.29) is 0 Å². The van der Waals surface area contributed by atoms with Gasteiger partial charge in [0.2, 0.25) is 0 Å². The molecule has 1 aromatic heterocycles. The summed E-state index contributed by atoms with van der Waals surface area (Å²) in [4.78, 5) is 4.20. The number of hydrogen-bond acceptors (Lipinski definition) is 4. The molecule has 0 saturated carbocycles. The van der Waals surface area contributed by atoms with Gasteiger partial charge >= 0.3 is 0 Å². The largest absolute Gasteiger partial charge is 0.410 e. The minimum absolute atomic E-state index is 0.329. The topological polar surface area (TPSA) is 62.4 Å². The van der Waals surface area contributed by atoms with Gasteiger partial charge in [0.15, 0.2) is 11.5 Å². The maximum atomic E-state index is 9.40. The molecule has 0 bridgehead atoms. The highest BCUT2D eigenvalue weighted by atomic mass is 35.5. The van der Waals surface area contributed by atoms with Gasteiger partial charge in [0.25, 0.3) is 0 Å². The van der Waals surface area contributed by atoms with E-state index < -0.39 is 0 Å². The van der Waals surface area contributed by atoms with Crippen LogP contribution in [0.4, 0.5) is 11.4 Å². The molecule has 0 spiro atoms. The molecule has 0 aliphatic heterocycles. The van der Waals surface area contributed by atoms with Crippen LogP contribution in [0, 0.1) is 6.92 Å². The normalized spacial score (nSPS) is 11.5. The van der Waals surface area contributed by atoms with Crippen molar-refractivity contribution >= 4 is 28.7 Å². The zero-order valence-electron chi connectivity index (χ0n) is 13.4. The van der Waals surface area contributed by atoms with Gasteiger partial charge in [-0.3, -0.25) is 0 Å². The Labute approximate surface area is 145 Å². The van der Waals surface area contributed by atoms with Crippen molar-refractivity contribution in [1.29, 1.82) is 0 Å². The first kappa shape index (κ1) is 16.1. The van der Waals surface area contributed by atoms with Crippen LogP contribution in [-0.2, 0) is 7.05 Å². The van der Waals surface area contributed by atoms with Crippen molar-refractivity contribution < 1.29 is 5.21 Å². The smallest absolute Gasteiger partial charge is 0.162 e. The van der Waals surface area contributed by atoms with Crippen LogP contribution < -0.4 is 5.32 Å². The third kappa shape index (κ3) is 3.12. The SMILES string of the molecule is Cc1ccccc1Nc1ccc(C(=NO)c2nccn2C)c(Cl)c1. The molecule has 0 unspecified atom stereocenters. The molecule has 0 amide bonds. The van der Waals surface area contributed by atoms with E-state index in [0.29, 0.717) is 22.1 Å². The Morgan fingerprint density at radius 2 is 2.04 bits per heavy atom. The van der Waals surface area contributed by atoms with Crippen molar-refractivity contribution in [2.75, 3.05) is 5.32 Å². The average molecular weight is 341 g/mol. The Balaban J connectivity index is 1.93. The van der Waals surface area contributed by atoms with Crippen LogP contribution in [0.15, 0.2) is 60.0 Å². The number of aryl methyl sites for hydroxylation is 2. The first-order valence-electron chi connectivity index (χ1n) is 7.42. The minimum atomic E-state index is 0.329. The summed E-state index contributed by atoms with van der Waals surface area (Å²) in [6, 6.07) is 13.5. The summed E-state index contributed by atoms with van der Waals surface area (Å²) in [6.07, 6.45) is 3.42. The highest BCUT2D eigenvalue weighted by Gasteiger charge is 2.16. The second kappa shape index (κ2) is 6.76. The van der Waals surface area contributed by atoms with E-state index in [1.165, 1.54) is 0 Å². The predicted molar refractivity (Wildman–Crippen MR) is 96.5 cm³/mol. The number of imidazole rings is 1. The van der Waals surface area contributed by atoms with E-state index in [9.17, 15) is 5.21 Å². The van der Waals surface area contributed by atoms with Crippen molar-refractivity contribution in [1.82, 2.24) is 9.55 Å². The zero-order valence-corrected chi connectivity index (χ0v) is 14.1. The van der Waals surface area contributed by atoms with Crippen molar-refractivity contribution in [2.45, 2.75) is 6.92 Å². The molecule has 0 aliphatic carbocycles. The summed E-state index contributed by atoms with van der Waals surface area (Å²) >= 11 is 6.41. The van der Waals surface area contributed by atoms with Crippen molar-refractivity contribution in [2.24, 2.45) is 12.2 Å². The number of benzene rings is 2. The highest BCUT2D eigenvalue weighted by molar-refractivity contribution is 6.35. The predicted octanol–water partition coefficient (Wildman–Crippen LogP) is 4.35. The first-order chi connectivity index (χ1) is 11.6. The molecule has 6 heteroatoms. The summed E-state index contributed by atoms with van der Waals surface area (Å²) in [5, 5.41) is 16.6. The first-order valence-corrected chi connectivity index (χ1v) is 7.80. The molecule has 24 heavy (non-hydrogen) atoms. The fraction of sp³-hybridized carbons (Fsp3) is 0.111. The molecule has 0 saturated heterocycles. The summed E-state index contributed by atoms with van der Waals surface area (Å²) in [5.74, 6) is 0.541. The van der Waals surface area contributed by atoms with Gasteiger partial charge < -0.3 is 15.1 Å². The number of rotatable bonds is 4. The lowest BCUT2D eigenvalue weighted by molar-refractivity contribution is 0.319. The van der Waals surface area contributed by atoms with Gasteiger partial charge in [-0.2, -0.15) is 0 Å². The Bertz CT molecular complexity index is 902. The molecule has 0 atom stereocenters. The second-order valence-electron chi connectivity index (χ2n) is 5.44. The minimum Gasteiger partial charge on any atom is -0.410 e. The lowest BCUT2D eigenvalue weighted by Gasteiger charge is -2.12. The van der Waals surface area contributed by atoms with Gasteiger partial charge in [0.1, 0.15) is 0 Å². The van der Waals surface area contributed by atoms with Gasteiger partial charge in [-0.1, -0.05) is 35.0 Å². The zero-order chi connectivity index (χ0) is 17.1. The molecule has 2 aromatic carbocycles. The third-order valence-electron chi connectivity index (χ3n) is 3.78. The Hall–Kier alpha value is -2.79. The van der Waals surface area contributed by atoms with Crippen LogP contribution in [0.25, 0.3) is 0 Å². The van der Waals surface area contributed by atoms with Gasteiger partial charge in [-0.25, -0.2) is 4.98 Å². The monoisotopic (exact) mass is 340 g/mol. The quantitative estimate of drug-likeness (QED) is 0.421. The summed E-state index contributed by atoms with van der Waals surface area (Å²) in [6.45, 7) is 2.04. The molecule has 3 rings (SSSR count). The van der Waals surface area contributed by atoms with Crippen LogP contribution in [0.2, 0.25) is 5.02 Å². The lowest BCUT2D eigenvalue weighted by atomic mass is 10.1. The summed E-state index contributed by atoms with van der Waals surface area (Å²) in [5.41, 5.74) is 3.96. The number of nitrogens with zero attached hydrogens (tertiary/aromatic N) is 3. The number of para-hydroxylation sites is 1. The summed E-state index contributed by atoms with van der Waals surface area (Å²) in [7, 11) is 1.83. The van der Waals surface area contributed by atoms with E-state index in [1.807, 2.05) is 50.4 Å². The van der Waals surface area contributed by atoms with Crippen molar-refractivity contribution in [3.63, 3.8) is 0 Å². The number of halogens is 1. The maximum absolute atomic E-state index is 9.40. The molecule has 0 radical (unpaired) electrons. The van der Waals surface area contributed by atoms with E-state index in [0.717, 1.165) is 16.9 Å². The highest BCUT2D eigenvalue weighted by Crippen LogP contribution is 2.26. The van der Waals surface area contributed by atoms with E-state index >= 15 is 0 Å². The number of aromatic nitrogens is 2. The number of oxime groups is 1.